The van der Waals surface area contributed by atoms with E-state index in [4.69, 9.17) is 9.15 Å². The van der Waals surface area contributed by atoms with E-state index in [1.165, 1.54) is 6.26 Å². The summed E-state index contributed by atoms with van der Waals surface area (Å²) >= 11 is 0. The Labute approximate surface area is 141 Å². The van der Waals surface area contributed by atoms with Gasteiger partial charge in [0.15, 0.2) is 5.76 Å². The molecule has 0 bridgehead atoms. The highest BCUT2D eigenvalue weighted by molar-refractivity contribution is 5.93. The van der Waals surface area contributed by atoms with Gasteiger partial charge in [0, 0.05) is 5.56 Å². The summed E-state index contributed by atoms with van der Waals surface area (Å²) in [5, 5.41) is 2.95. The first-order valence-electron chi connectivity index (χ1n) is 7.84. The molecule has 0 saturated heterocycles. The number of para-hydroxylation sites is 1. The number of rotatable bonds is 6. The van der Waals surface area contributed by atoms with Crippen LogP contribution in [0.1, 0.15) is 34.6 Å². The van der Waals surface area contributed by atoms with Crippen molar-refractivity contribution < 1.29 is 13.9 Å². The van der Waals surface area contributed by atoms with Gasteiger partial charge in [-0.05, 0) is 30.7 Å². The molecule has 0 spiro atoms. The van der Waals surface area contributed by atoms with Crippen LogP contribution < -0.4 is 10.1 Å². The zero-order valence-corrected chi connectivity index (χ0v) is 13.4. The number of furan rings is 1. The fourth-order valence-electron chi connectivity index (χ4n) is 2.41. The van der Waals surface area contributed by atoms with Crippen molar-refractivity contribution in [2.75, 3.05) is 0 Å². The van der Waals surface area contributed by atoms with Crippen molar-refractivity contribution in [1.82, 2.24) is 5.32 Å². The molecule has 0 fully saturated rings. The lowest BCUT2D eigenvalue weighted by molar-refractivity contribution is 0.0908. The van der Waals surface area contributed by atoms with Gasteiger partial charge in [0.2, 0.25) is 0 Å². The number of nitrogens with one attached hydrogen (secondary N) is 1. The fraction of sp³-hybridized carbons (Fsp3) is 0.150. The van der Waals surface area contributed by atoms with E-state index in [9.17, 15) is 4.79 Å². The van der Waals surface area contributed by atoms with Gasteiger partial charge in [0.25, 0.3) is 5.91 Å². The average Bonchev–Trinajstić information content (AvgIpc) is 3.10. The molecule has 2 aromatic carbocycles. The molecule has 0 unspecified atom stereocenters. The molecule has 4 heteroatoms. The summed E-state index contributed by atoms with van der Waals surface area (Å²) in [6, 6.07) is 20.9. The molecule has 0 radical (unpaired) electrons. The van der Waals surface area contributed by atoms with Gasteiger partial charge in [0.05, 0.1) is 12.3 Å². The van der Waals surface area contributed by atoms with Gasteiger partial charge < -0.3 is 14.5 Å². The highest BCUT2D eigenvalue weighted by Crippen LogP contribution is 2.18. The Morgan fingerprint density at radius 3 is 2.42 bits per heavy atom. The van der Waals surface area contributed by atoms with Crippen LogP contribution in [0, 0.1) is 0 Å². The van der Waals surface area contributed by atoms with Crippen LogP contribution in [0.2, 0.25) is 0 Å². The van der Waals surface area contributed by atoms with Crippen molar-refractivity contribution >= 4 is 5.91 Å². The molecule has 3 rings (SSSR count). The van der Waals surface area contributed by atoms with Crippen LogP contribution in [0.5, 0.6) is 5.75 Å². The lowest BCUT2D eigenvalue weighted by Crippen LogP contribution is -2.27. The molecule has 0 saturated carbocycles. The van der Waals surface area contributed by atoms with Crippen LogP contribution in [0.25, 0.3) is 0 Å². The molecule has 0 aliphatic heterocycles. The van der Waals surface area contributed by atoms with Crippen molar-refractivity contribution in [2.45, 2.75) is 19.6 Å². The Balaban J connectivity index is 1.65. The van der Waals surface area contributed by atoms with E-state index in [0.717, 1.165) is 16.9 Å². The summed E-state index contributed by atoms with van der Waals surface area (Å²) in [5.74, 6) is 0.791. The predicted octanol–water partition coefficient (Wildman–Crippen LogP) is 4.35. The molecule has 3 aromatic rings. The summed E-state index contributed by atoms with van der Waals surface area (Å²) in [6.45, 7) is 2.22. The number of ether oxygens (including phenoxy) is 1. The number of amides is 1. The zero-order valence-electron chi connectivity index (χ0n) is 13.4. The topological polar surface area (TPSA) is 51.5 Å². The first-order chi connectivity index (χ1) is 11.7. The molecular formula is C20H19NO3. The zero-order chi connectivity index (χ0) is 16.8. The third-order valence-corrected chi connectivity index (χ3v) is 3.74. The van der Waals surface area contributed by atoms with Gasteiger partial charge in [-0.25, -0.2) is 0 Å². The molecular weight excluding hydrogens is 302 g/mol. The molecule has 0 aliphatic carbocycles. The molecule has 1 aromatic heterocycles. The lowest BCUT2D eigenvalue weighted by Gasteiger charge is -2.14. The van der Waals surface area contributed by atoms with Gasteiger partial charge in [-0.1, -0.05) is 48.5 Å². The van der Waals surface area contributed by atoms with E-state index in [2.05, 4.69) is 5.32 Å². The van der Waals surface area contributed by atoms with Crippen molar-refractivity contribution in [3.8, 4) is 5.75 Å². The number of benzene rings is 2. The minimum absolute atomic E-state index is 0.105. The van der Waals surface area contributed by atoms with E-state index in [0.29, 0.717) is 0 Å². The lowest BCUT2D eigenvalue weighted by atomic mass is 10.1. The molecule has 1 N–H and O–H groups in total. The monoisotopic (exact) mass is 321 g/mol. The Morgan fingerprint density at radius 1 is 1.04 bits per heavy atom. The van der Waals surface area contributed by atoms with Gasteiger partial charge in [-0.15, -0.1) is 0 Å². The van der Waals surface area contributed by atoms with Crippen LogP contribution in [-0.2, 0) is 6.61 Å². The Hall–Kier alpha value is -3.01. The second-order valence-electron chi connectivity index (χ2n) is 5.48. The third-order valence-electron chi connectivity index (χ3n) is 3.74. The quantitative estimate of drug-likeness (QED) is 0.734. The average molecular weight is 321 g/mol. The standard InChI is InChI=1S/C20H19NO3/c1-15(16-8-4-2-5-9-16)21-20(22)19-17(12-13-23-19)14-24-18-10-6-3-7-11-18/h2-13,15H,14H2,1H3,(H,21,22)/t15-/m1/s1. The minimum Gasteiger partial charge on any atom is -0.489 e. The van der Waals surface area contributed by atoms with Crippen molar-refractivity contribution in [1.29, 1.82) is 0 Å². The summed E-state index contributed by atoms with van der Waals surface area (Å²) in [4.78, 5) is 12.5. The minimum atomic E-state index is -0.247. The largest absolute Gasteiger partial charge is 0.489 e. The van der Waals surface area contributed by atoms with Crippen LogP contribution >= 0.6 is 0 Å². The molecule has 1 heterocycles. The Bertz CT molecular complexity index is 781. The van der Waals surface area contributed by atoms with Gasteiger partial charge in [-0.2, -0.15) is 0 Å². The molecule has 4 nitrogen and oxygen atoms in total. The van der Waals surface area contributed by atoms with Crippen LogP contribution in [0.3, 0.4) is 0 Å². The van der Waals surface area contributed by atoms with E-state index >= 15 is 0 Å². The number of carbonyl (C=O) groups is 1. The summed E-state index contributed by atoms with van der Waals surface area (Å²) in [7, 11) is 0. The SMILES string of the molecule is C[C@@H](NC(=O)c1occc1COc1ccccc1)c1ccccc1. The van der Waals surface area contributed by atoms with Crippen LogP contribution in [0.4, 0.5) is 0 Å². The van der Waals surface area contributed by atoms with Crippen LogP contribution in [-0.4, -0.2) is 5.91 Å². The summed E-state index contributed by atoms with van der Waals surface area (Å²) in [5.41, 5.74) is 1.76. The van der Waals surface area contributed by atoms with E-state index in [1.54, 1.807) is 6.07 Å². The smallest absolute Gasteiger partial charge is 0.287 e. The Kier molecular flexibility index (Phi) is 4.96. The summed E-state index contributed by atoms with van der Waals surface area (Å²) < 4.78 is 11.1. The summed E-state index contributed by atoms with van der Waals surface area (Å²) in [6.07, 6.45) is 1.51. The van der Waals surface area contributed by atoms with Crippen molar-refractivity contribution in [3.05, 3.63) is 89.9 Å². The maximum atomic E-state index is 12.5. The van der Waals surface area contributed by atoms with E-state index in [-0.39, 0.29) is 24.3 Å². The first kappa shape index (κ1) is 15.9. The maximum Gasteiger partial charge on any atom is 0.287 e. The van der Waals surface area contributed by atoms with E-state index < -0.39 is 0 Å². The maximum absolute atomic E-state index is 12.5. The highest BCUT2D eigenvalue weighted by Gasteiger charge is 2.18. The van der Waals surface area contributed by atoms with Gasteiger partial charge in [-0.3, -0.25) is 4.79 Å². The predicted molar refractivity (Wildman–Crippen MR) is 91.8 cm³/mol. The molecule has 1 atom stereocenters. The highest BCUT2D eigenvalue weighted by atomic mass is 16.5. The molecule has 24 heavy (non-hydrogen) atoms. The molecule has 1 amide bonds. The van der Waals surface area contributed by atoms with Crippen molar-refractivity contribution in [3.63, 3.8) is 0 Å². The fourth-order valence-corrected chi connectivity index (χ4v) is 2.41. The number of hydrogen-bond acceptors (Lipinski definition) is 3. The number of carbonyl (C=O) groups excluding carboxylic acids is 1. The normalized spacial score (nSPS) is 11.7. The second-order valence-corrected chi connectivity index (χ2v) is 5.48. The second kappa shape index (κ2) is 7.51. The Morgan fingerprint density at radius 2 is 1.71 bits per heavy atom. The molecule has 0 aliphatic rings. The van der Waals surface area contributed by atoms with E-state index in [1.807, 2.05) is 67.6 Å². The third kappa shape index (κ3) is 3.84. The molecule has 122 valence electrons. The van der Waals surface area contributed by atoms with Gasteiger partial charge in [0.1, 0.15) is 12.4 Å². The van der Waals surface area contributed by atoms with Crippen molar-refractivity contribution in [2.24, 2.45) is 0 Å². The first-order valence-corrected chi connectivity index (χ1v) is 7.84. The number of hydrogen-bond donors (Lipinski definition) is 1. The van der Waals surface area contributed by atoms with Gasteiger partial charge >= 0.3 is 0 Å². The van der Waals surface area contributed by atoms with Crippen LogP contribution in [0.15, 0.2) is 77.4 Å².